The smallest absolute Gasteiger partial charge is 0.0152 e. The Labute approximate surface area is 81.3 Å². The van der Waals surface area contributed by atoms with E-state index in [1.807, 2.05) is 0 Å². The van der Waals surface area contributed by atoms with Crippen molar-refractivity contribution in [2.45, 2.75) is 57.4 Å². The van der Waals surface area contributed by atoms with Gasteiger partial charge in [0, 0.05) is 6.04 Å². The fraction of sp³-hybridized carbons (Fsp3) is 1.00. The molecule has 1 aliphatic heterocycles. The van der Waals surface area contributed by atoms with Crippen LogP contribution in [0, 0.1) is 11.3 Å². The average molecular weight is 179 g/mol. The molecule has 13 heavy (non-hydrogen) atoms. The van der Waals surface area contributed by atoms with Crippen molar-refractivity contribution in [3.63, 3.8) is 0 Å². The average Bonchev–Trinajstić information content (AvgIpc) is 2.05. The van der Waals surface area contributed by atoms with Gasteiger partial charge in [0.2, 0.25) is 0 Å². The summed E-state index contributed by atoms with van der Waals surface area (Å²) in [5.74, 6) is 1.06. The minimum absolute atomic E-state index is 0.781. The first-order valence-corrected chi connectivity index (χ1v) is 6.14. The van der Waals surface area contributed by atoms with E-state index in [9.17, 15) is 0 Å². The van der Waals surface area contributed by atoms with Crippen molar-refractivity contribution in [1.82, 2.24) is 5.32 Å². The highest BCUT2D eigenvalue weighted by Gasteiger charge is 2.53. The van der Waals surface area contributed by atoms with Crippen LogP contribution >= 0.6 is 0 Å². The van der Waals surface area contributed by atoms with Gasteiger partial charge < -0.3 is 5.32 Å². The SMILES string of the molecule is C1CCC2CC3(CC1)CCCNC23. The molecule has 0 radical (unpaired) electrons. The maximum Gasteiger partial charge on any atom is 0.0152 e. The second kappa shape index (κ2) is 2.98. The molecule has 3 aliphatic carbocycles. The van der Waals surface area contributed by atoms with Crippen molar-refractivity contribution in [2.75, 3.05) is 6.54 Å². The maximum atomic E-state index is 3.78. The summed E-state index contributed by atoms with van der Waals surface area (Å²) in [7, 11) is 0. The fourth-order valence-electron chi connectivity index (χ4n) is 4.16. The van der Waals surface area contributed by atoms with Crippen molar-refractivity contribution < 1.29 is 0 Å². The van der Waals surface area contributed by atoms with Crippen LogP contribution < -0.4 is 5.32 Å². The summed E-state index contributed by atoms with van der Waals surface area (Å²) in [6.45, 7) is 1.29. The summed E-state index contributed by atoms with van der Waals surface area (Å²) >= 11 is 0. The lowest BCUT2D eigenvalue weighted by atomic mass is 9.50. The summed E-state index contributed by atoms with van der Waals surface area (Å²) in [4.78, 5) is 0. The quantitative estimate of drug-likeness (QED) is 0.603. The van der Waals surface area contributed by atoms with Gasteiger partial charge in [-0.15, -0.1) is 0 Å². The van der Waals surface area contributed by atoms with Crippen LogP contribution in [0.4, 0.5) is 0 Å². The molecule has 3 unspecified atom stereocenters. The van der Waals surface area contributed by atoms with Crippen molar-refractivity contribution in [1.29, 1.82) is 0 Å². The molecule has 0 aromatic rings. The zero-order valence-electron chi connectivity index (χ0n) is 8.52. The van der Waals surface area contributed by atoms with Gasteiger partial charge in [-0.3, -0.25) is 0 Å². The van der Waals surface area contributed by atoms with Crippen LogP contribution in [-0.2, 0) is 0 Å². The molecular formula is C12H21N. The van der Waals surface area contributed by atoms with E-state index in [-0.39, 0.29) is 0 Å². The van der Waals surface area contributed by atoms with Crippen LogP contribution in [0.3, 0.4) is 0 Å². The maximum absolute atomic E-state index is 3.78. The lowest BCUT2D eigenvalue weighted by molar-refractivity contribution is -0.0562. The number of nitrogens with one attached hydrogen (secondary N) is 1. The minimum Gasteiger partial charge on any atom is -0.313 e. The third-order valence-corrected chi connectivity index (χ3v) is 4.77. The van der Waals surface area contributed by atoms with Gasteiger partial charge in [-0.05, 0) is 50.0 Å². The van der Waals surface area contributed by atoms with Gasteiger partial charge in [-0.2, -0.15) is 0 Å². The minimum atomic E-state index is 0.781. The number of hydrogen-bond acceptors (Lipinski definition) is 1. The van der Waals surface area contributed by atoms with E-state index in [0.29, 0.717) is 0 Å². The van der Waals surface area contributed by atoms with Gasteiger partial charge in [0.25, 0.3) is 0 Å². The van der Waals surface area contributed by atoms with E-state index >= 15 is 0 Å². The van der Waals surface area contributed by atoms with Crippen molar-refractivity contribution in [2.24, 2.45) is 11.3 Å². The lowest BCUT2D eigenvalue weighted by Crippen LogP contribution is -2.63. The molecular weight excluding hydrogens is 158 g/mol. The molecule has 1 heteroatoms. The highest BCUT2D eigenvalue weighted by atomic mass is 15.0. The van der Waals surface area contributed by atoms with Gasteiger partial charge in [0.15, 0.2) is 0 Å². The Kier molecular flexibility index (Phi) is 1.90. The topological polar surface area (TPSA) is 12.0 Å². The standard InChI is InChI=1S/C12H21N/c1-2-5-10-9-12(6-3-1)7-4-8-13-11(10)12/h10-11,13H,1-9H2. The number of fused-ring (bicyclic) bond motifs is 4. The Morgan fingerprint density at radius 2 is 1.92 bits per heavy atom. The van der Waals surface area contributed by atoms with E-state index in [1.54, 1.807) is 6.42 Å². The molecule has 3 saturated carbocycles. The molecule has 4 aliphatic rings. The summed E-state index contributed by atoms with van der Waals surface area (Å²) in [5, 5.41) is 3.78. The van der Waals surface area contributed by atoms with E-state index in [1.165, 1.54) is 51.5 Å². The second-order valence-electron chi connectivity index (χ2n) is 5.46. The third kappa shape index (κ3) is 1.16. The van der Waals surface area contributed by atoms with Gasteiger partial charge >= 0.3 is 0 Å². The van der Waals surface area contributed by atoms with Crippen molar-refractivity contribution in [3.8, 4) is 0 Å². The van der Waals surface area contributed by atoms with Crippen molar-refractivity contribution in [3.05, 3.63) is 0 Å². The molecule has 1 saturated heterocycles. The zero-order valence-corrected chi connectivity index (χ0v) is 8.52. The Morgan fingerprint density at radius 1 is 1.00 bits per heavy atom. The van der Waals surface area contributed by atoms with Crippen LogP contribution in [-0.4, -0.2) is 12.6 Å². The first kappa shape index (κ1) is 8.28. The number of hydrogen-bond donors (Lipinski definition) is 1. The predicted octanol–water partition coefficient (Wildman–Crippen LogP) is 2.71. The molecule has 1 heterocycles. The molecule has 0 aromatic heterocycles. The van der Waals surface area contributed by atoms with Gasteiger partial charge in [0.1, 0.15) is 0 Å². The van der Waals surface area contributed by atoms with Crippen LogP contribution in [0.2, 0.25) is 0 Å². The molecule has 2 bridgehead atoms. The highest BCUT2D eigenvalue weighted by molar-refractivity contribution is 5.08. The van der Waals surface area contributed by atoms with Gasteiger partial charge in [-0.1, -0.05) is 19.3 Å². The van der Waals surface area contributed by atoms with Crippen molar-refractivity contribution >= 4 is 0 Å². The van der Waals surface area contributed by atoms with Crippen LogP contribution in [0.1, 0.15) is 51.4 Å². The second-order valence-corrected chi connectivity index (χ2v) is 5.46. The summed E-state index contributed by atoms with van der Waals surface area (Å²) in [5.41, 5.74) is 0.781. The molecule has 1 N–H and O–H groups in total. The van der Waals surface area contributed by atoms with E-state index in [2.05, 4.69) is 5.32 Å². The van der Waals surface area contributed by atoms with E-state index in [0.717, 1.165) is 17.4 Å². The number of piperidine rings is 1. The third-order valence-electron chi connectivity index (χ3n) is 4.77. The Balaban J connectivity index is 1.78. The van der Waals surface area contributed by atoms with Crippen LogP contribution in [0.25, 0.3) is 0 Å². The lowest BCUT2D eigenvalue weighted by Gasteiger charge is -2.60. The molecule has 1 nitrogen and oxygen atoms in total. The fourth-order valence-corrected chi connectivity index (χ4v) is 4.16. The van der Waals surface area contributed by atoms with Gasteiger partial charge in [-0.25, -0.2) is 0 Å². The Bertz CT molecular complexity index is 197. The Morgan fingerprint density at radius 3 is 2.92 bits per heavy atom. The molecule has 0 aromatic carbocycles. The first-order valence-electron chi connectivity index (χ1n) is 6.14. The van der Waals surface area contributed by atoms with Gasteiger partial charge in [0.05, 0.1) is 0 Å². The Hall–Kier alpha value is -0.0400. The highest BCUT2D eigenvalue weighted by Crippen LogP contribution is 2.56. The summed E-state index contributed by atoms with van der Waals surface area (Å²) in [6, 6.07) is 0.932. The molecule has 4 rings (SSSR count). The zero-order chi connectivity index (χ0) is 8.73. The molecule has 0 amide bonds. The summed E-state index contributed by atoms with van der Waals surface area (Å²) in [6.07, 6.45) is 12.1. The molecule has 74 valence electrons. The number of rotatable bonds is 0. The molecule has 1 spiro atoms. The summed E-state index contributed by atoms with van der Waals surface area (Å²) < 4.78 is 0. The molecule has 4 fully saturated rings. The first-order chi connectivity index (χ1) is 6.41. The van der Waals surface area contributed by atoms with E-state index in [4.69, 9.17) is 0 Å². The van der Waals surface area contributed by atoms with E-state index < -0.39 is 0 Å². The van der Waals surface area contributed by atoms with Crippen LogP contribution in [0.15, 0.2) is 0 Å². The monoisotopic (exact) mass is 179 g/mol. The largest absolute Gasteiger partial charge is 0.313 e. The predicted molar refractivity (Wildman–Crippen MR) is 54.6 cm³/mol. The van der Waals surface area contributed by atoms with Crippen LogP contribution in [0.5, 0.6) is 0 Å². The normalized spacial score (nSPS) is 49.8. The molecule has 3 atom stereocenters.